The van der Waals surface area contributed by atoms with Crippen LogP contribution in [0, 0.1) is 0 Å². The molecule has 0 aromatic rings. The molecule has 0 fully saturated rings. The monoisotopic (exact) mass is 136 g/mol. The van der Waals surface area contributed by atoms with Crippen molar-refractivity contribution in [3.05, 3.63) is 0 Å². The Morgan fingerprint density at radius 3 is 2.50 bits per heavy atom. The largest absolute Gasteiger partial charge is 0.350 e. The minimum atomic E-state index is -0.589. The first kappa shape index (κ1) is 7.56. The molecule has 4 heteroatoms. The number of amides is 2. The van der Waals surface area contributed by atoms with Gasteiger partial charge in [-0.15, -0.1) is 0 Å². The molecule has 0 bridgehead atoms. The first-order chi connectivity index (χ1) is 3.68. The van der Waals surface area contributed by atoms with E-state index in [1.165, 1.54) is 0 Å². The maximum absolute atomic E-state index is 10.1. The molecule has 2 N–H and O–H groups in total. The zero-order chi connectivity index (χ0) is 6.57. The van der Waals surface area contributed by atoms with Crippen LogP contribution in [0.2, 0.25) is 0 Å². The summed E-state index contributed by atoms with van der Waals surface area (Å²) in [5, 5.41) is 0. The van der Waals surface area contributed by atoms with Crippen molar-refractivity contribution in [1.29, 1.82) is 0 Å². The highest BCUT2D eigenvalue weighted by molar-refractivity contribution is 6.20. The van der Waals surface area contributed by atoms with Gasteiger partial charge in [0.05, 0.1) is 0 Å². The fourth-order valence-electron chi connectivity index (χ4n) is 0.307. The van der Waals surface area contributed by atoms with Gasteiger partial charge in [0, 0.05) is 18.3 Å². The van der Waals surface area contributed by atoms with Crippen LogP contribution in [0.15, 0.2) is 0 Å². The number of hydrogen-bond donors (Lipinski definition) is 1. The predicted molar refractivity (Wildman–Crippen MR) is 32.4 cm³/mol. The minimum Gasteiger partial charge on any atom is -0.350 e. The van der Waals surface area contributed by atoms with Crippen LogP contribution in [0.3, 0.4) is 0 Å². The van der Waals surface area contributed by atoms with Crippen molar-refractivity contribution in [2.45, 2.75) is 13.3 Å². The maximum atomic E-state index is 10.1. The van der Waals surface area contributed by atoms with Gasteiger partial charge in [-0.1, -0.05) is 6.92 Å². The molecule has 8 heavy (non-hydrogen) atoms. The minimum absolute atomic E-state index is 0.511. The Hall–Kier alpha value is -0.440. The lowest BCUT2D eigenvalue weighted by atomic mass is 10.5. The predicted octanol–water partition coefficient (Wildman–Crippen LogP) is 0.931. The third-order valence-electron chi connectivity index (χ3n) is 0.659. The fraction of sp³-hybridized carbons (Fsp3) is 0.750. The van der Waals surface area contributed by atoms with Crippen LogP contribution >= 0.6 is 11.8 Å². The zero-order valence-electron chi connectivity index (χ0n) is 4.72. The van der Waals surface area contributed by atoms with Crippen LogP contribution in [0.4, 0.5) is 4.79 Å². The number of hydrogen-bond acceptors (Lipinski definition) is 1. The summed E-state index contributed by atoms with van der Waals surface area (Å²) in [4.78, 5) is 10.1. The van der Waals surface area contributed by atoms with Crippen molar-refractivity contribution >= 4 is 17.8 Å². The Bertz CT molecular complexity index is 86.1. The van der Waals surface area contributed by atoms with E-state index in [1.807, 2.05) is 6.92 Å². The summed E-state index contributed by atoms with van der Waals surface area (Å²) < 4.78 is 0.958. The summed E-state index contributed by atoms with van der Waals surface area (Å²) in [5.41, 5.74) is 4.78. The van der Waals surface area contributed by atoms with E-state index in [2.05, 4.69) is 0 Å². The smallest absolute Gasteiger partial charge is 0.329 e. The molecule has 0 aliphatic heterocycles. The van der Waals surface area contributed by atoms with E-state index < -0.39 is 6.03 Å². The van der Waals surface area contributed by atoms with Gasteiger partial charge >= 0.3 is 6.03 Å². The van der Waals surface area contributed by atoms with Gasteiger partial charge in [0.1, 0.15) is 0 Å². The summed E-state index contributed by atoms with van der Waals surface area (Å²) in [7, 11) is 0. The Balaban J connectivity index is 3.32. The maximum Gasteiger partial charge on any atom is 0.329 e. The Morgan fingerprint density at radius 2 is 2.38 bits per heavy atom. The van der Waals surface area contributed by atoms with E-state index in [9.17, 15) is 4.79 Å². The van der Waals surface area contributed by atoms with Crippen LogP contribution in [-0.4, -0.2) is 17.0 Å². The van der Waals surface area contributed by atoms with Crippen molar-refractivity contribution in [2.75, 3.05) is 6.54 Å². The van der Waals surface area contributed by atoms with Crippen LogP contribution in [-0.2, 0) is 0 Å². The van der Waals surface area contributed by atoms with Gasteiger partial charge in [-0.3, -0.25) is 0 Å². The molecule has 0 aliphatic rings. The molecule has 0 atom stereocenters. The summed E-state index contributed by atoms with van der Waals surface area (Å²) in [6.45, 7) is 2.43. The van der Waals surface area contributed by atoms with E-state index in [1.54, 1.807) is 0 Å². The normalized spacial score (nSPS) is 8.75. The molecule has 0 aromatic carbocycles. The lowest BCUT2D eigenvalue weighted by molar-refractivity contribution is 0.233. The quantitative estimate of drug-likeness (QED) is 0.564. The SMILES string of the molecule is CCCN(Cl)C(N)=O. The van der Waals surface area contributed by atoms with Crippen molar-refractivity contribution < 1.29 is 4.79 Å². The number of urea groups is 1. The molecular formula is C4H9ClN2O. The average molecular weight is 137 g/mol. The standard InChI is InChI=1S/C4H9ClN2O/c1-2-3-7(5)4(6)8/h2-3H2,1H3,(H2,6,8). The number of primary amides is 1. The van der Waals surface area contributed by atoms with Crippen LogP contribution < -0.4 is 5.73 Å². The second-order valence-corrected chi connectivity index (χ2v) is 1.83. The lowest BCUT2D eigenvalue weighted by Gasteiger charge is -2.06. The number of rotatable bonds is 2. The van der Waals surface area contributed by atoms with E-state index >= 15 is 0 Å². The van der Waals surface area contributed by atoms with Gasteiger partial charge in [-0.25, -0.2) is 9.21 Å². The summed E-state index contributed by atoms with van der Waals surface area (Å²) in [5.74, 6) is 0. The molecule has 0 heterocycles. The average Bonchev–Trinajstić information content (AvgIpc) is 1.67. The van der Waals surface area contributed by atoms with Gasteiger partial charge in [0.25, 0.3) is 0 Å². The van der Waals surface area contributed by atoms with E-state index in [-0.39, 0.29) is 0 Å². The Kier molecular flexibility index (Phi) is 3.35. The zero-order valence-corrected chi connectivity index (χ0v) is 5.48. The van der Waals surface area contributed by atoms with Crippen LogP contribution in [0.1, 0.15) is 13.3 Å². The van der Waals surface area contributed by atoms with E-state index in [0.29, 0.717) is 6.54 Å². The highest BCUT2D eigenvalue weighted by atomic mass is 35.5. The van der Waals surface area contributed by atoms with E-state index in [0.717, 1.165) is 10.8 Å². The Morgan fingerprint density at radius 1 is 1.88 bits per heavy atom. The second-order valence-electron chi connectivity index (χ2n) is 1.42. The highest BCUT2D eigenvalue weighted by Gasteiger charge is 2.00. The summed E-state index contributed by atoms with van der Waals surface area (Å²) in [6, 6.07) is -0.589. The molecule has 2 amide bonds. The first-order valence-corrected chi connectivity index (χ1v) is 2.75. The summed E-state index contributed by atoms with van der Waals surface area (Å²) >= 11 is 5.27. The number of nitrogens with two attached hydrogens (primary N) is 1. The molecule has 48 valence electrons. The molecule has 0 aromatic heterocycles. The molecular weight excluding hydrogens is 128 g/mol. The number of carbonyl (C=O) groups is 1. The van der Waals surface area contributed by atoms with Crippen molar-refractivity contribution in [3.8, 4) is 0 Å². The van der Waals surface area contributed by atoms with Gasteiger partial charge in [0.15, 0.2) is 0 Å². The van der Waals surface area contributed by atoms with Crippen LogP contribution in [0.5, 0.6) is 0 Å². The van der Waals surface area contributed by atoms with Crippen molar-refractivity contribution in [1.82, 2.24) is 4.42 Å². The number of carbonyl (C=O) groups excluding carboxylic acids is 1. The third kappa shape index (κ3) is 2.69. The van der Waals surface area contributed by atoms with Crippen LogP contribution in [0.25, 0.3) is 0 Å². The topological polar surface area (TPSA) is 46.3 Å². The molecule has 0 unspecified atom stereocenters. The number of nitrogens with zero attached hydrogens (tertiary/aromatic N) is 1. The van der Waals surface area contributed by atoms with Gasteiger partial charge in [0.2, 0.25) is 0 Å². The van der Waals surface area contributed by atoms with Crippen molar-refractivity contribution in [2.24, 2.45) is 5.73 Å². The lowest BCUT2D eigenvalue weighted by Crippen LogP contribution is -2.27. The van der Waals surface area contributed by atoms with Crippen molar-refractivity contribution in [3.63, 3.8) is 0 Å². The summed E-state index contributed by atoms with van der Waals surface area (Å²) in [6.07, 6.45) is 0.826. The highest BCUT2D eigenvalue weighted by Crippen LogP contribution is 1.93. The molecule has 3 nitrogen and oxygen atoms in total. The van der Waals surface area contributed by atoms with Gasteiger partial charge < -0.3 is 5.73 Å². The number of halogens is 1. The molecule has 0 saturated heterocycles. The molecule has 0 saturated carbocycles. The molecule has 0 aliphatic carbocycles. The molecule has 0 spiro atoms. The van der Waals surface area contributed by atoms with E-state index in [4.69, 9.17) is 17.5 Å². The molecule has 0 rings (SSSR count). The second kappa shape index (κ2) is 3.55. The fourth-order valence-corrected chi connectivity index (χ4v) is 0.476. The third-order valence-corrected chi connectivity index (χ3v) is 0.995. The van der Waals surface area contributed by atoms with Gasteiger partial charge in [-0.05, 0) is 6.42 Å². The Labute approximate surface area is 53.5 Å². The molecule has 0 radical (unpaired) electrons. The van der Waals surface area contributed by atoms with Gasteiger partial charge in [-0.2, -0.15) is 0 Å². The first-order valence-electron chi connectivity index (χ1n) is 2.41.